The van der Waals surface area contributed by atoms with E-state index in [1.807, 2.05) is 0 Å². The molecule has 0 aromatic rings. The minimum atomic E-state index is -0.335. The van der Waals surface area contributed by atoms with E-state index in [4.69, 9.17) is 0 Å². The Hall–Kier alpha value is -0.0800. The highest BCUT2D eigenvalue weighted by Gasteiger charge is 2.40. The largest absolute Gasteiger partial charge is 0.390 e. The van der Waals surface area contributed by atoms with E-state index in [9.17, 15) is 5.11 Å². The first kappa shape index (κ1) is 12.9. The molecule has 104 valence electrons. The van der Waals surface area contributed by atoms with E-state index in [0.29, 0.717) is 12.1 Å². The lowest BCUT2D eigenvalue weighted by molar-refractivity contribution is -0.0419. The fourth-order valence-electron chi connectivity index (χ4n) is 4.59. The Morgan fingerprint density at radius 2 is 1.56 bits per heavy atom. The molecule has 2 heterocycles. The Kier molecular flexibility index (Phi) is 3.95. The molecule has 18 heavy (non-hydrogen) atoms. The molecule has 1 saturated carbocycles. The van der Waals surface area contributed by atoms with Crippen LogP contribution in [0.4, 0.5) is 0 Å². The van der Waals surface area contributed by atoms with Crippen LogP contribution in [0.1, 0.15) is 77.0 Å². The second-order valence-corrected chi connectivity index (χ2v) is 7.17. The van der Waals surface area contributed by atoms with Gasteiger partial charge in [0.1, 0.15) is 0 Å². The number of piperidine rings is 2. The Morgan fingerprint density at radius 1 is 0.889 bits per heavy atom. The molecule has 0 aromatic carbocycles. The van der Waals surface area contributed by atoms with E-state index in [1.54, 1.807) is 0 Å². The molecule has 2 unspecified atom stereocenters. The lowest BCUT2D eigenvalue weighted by Crippen LogP contribution is -2.55. The molecular formula is C16H29NO. The lowest BCUT2D eigenvalue weighted by atomic mass is 9.73. The molecule has 2 aliphatic heterocycles. The van der Waals surface area contributed by atoms with Crippen molar-refractivity contribution >= 4 is 0 Å². The standard InChI is InChI=1S/C16H29NO/c18-16(10-9-13-5-2-1-3-6-13)11-14-7-4-8-15(12-16)17-14/h13-15,17-18H,1-12H2. The third kappa shape index (κ3) is 3.08. The second kappa shape index (κ2) is 5.50. The summed E-state index contributed by atoms with van der Waals surface area (Å²) in [5.41, 5.74) is -0.335. The van der Waals surface area contributed by atoms with E-state index < -0.39 is 0 Å². The predicted molar refractivity (Wildman–Crippen MR) is 74.6 cm³/mol. The number of nitrogens with one attached hydrogen (secondary N) is 1. The molecule has 2 N–H and O–H groups in total. The third-order valence-corrected chi connectivity index (χ3v) is 5.57. The van der Waals surface area contributed by atoms with Crippen molar-refractivity contribution in [1.82, 2.24) is 5.32 Å². The van der Waals surface area contributed by atoms with Gasteiger partial charge in [-0.3, -0.25) is 0 Å². The van der Waals surface area contributed by atoms with Gasteiger partial charge in [0.05, 0.1) is 5.60 Å². The van der Waals surface area contributed by atoms with Gasteiger partial charge in [0.2, 0.25) is 0 Å². The van der Waals surface area contributed by atoms with Gasteiger partial charge in [-0.1, -0.05) is 38.5 Å². The van der Waals surface area contributed by atoms with E-state index in [2.05, 4.69) is 5.32 Å². The fraction of sp³-hybridized carbons (Fsp3) is 1.00. The van der Waals surface area contributed by atoms with Crippen molar-refractivity contribution in [2.24, 2.45) is 5.92 Å². The first-order chi connectivity index (χ1) is 8.73. The van der Waals surface area contributed by atoms with Gasteiger partial charge in [-0.25, -0.2) is 0 Å². The maximum atomic E-state index is 10.9. The van der Waals surface area contributed by atoms with Crippen LogP contribution in [0.3, 0.4) is 0 Å². The summed E-state index contributed by atoms with van der Waals surface area (Å²) in [6.07, 6.45) is 15.4. The summed E-state index contributed by atoms with van der Waals surface area (Å²) in [4.78, 5) is 0. The van der Waals surface area contributed by atoms with Crippen LogP contribution in [-0.2, 0) is 0 Å². The van der Waals surface area contributed by atoms with Crippen molar-refractivity contribution in [2.45, 2.75) is 94.7 Å². The van der Waals surface area contributed by atoms with Crippen molar-refractivity contribution in [3.8, 4) is 0 Å². The quantitative estimate of drug-likeness (QED) is 0.806. The van der Waals surface area contributed by atoms with Crippen LogP contribution in [0.25, 0.3) is 0 Å². The van der Waals surface area contributed by atoms with Crippen LogP contribution >= 0.6 is 0 Å². The average molecular weight is 251 g/mol. The van der Waals surface area contributed by atoms with E-state index >= 15 is 0 Å². The SMILES string of the molecule is OC1(CCC2CCCCC2)CC2CCCC(C1)N2. The molecule has 2 heteroatoms. The van der Waals surface area contributed by atoms with E-state index in [1.165, 1.54) is 57.8 Å². The maximum absolute atomic E-state index is 10.9. The highest BCUT2D eigenvalue weighted by atomic mass is 16.3. The van der Waals surface area contributed by atoms with Gasteiger partial charge >= 0.3 is 0 Å². The highest BCUT2D eigenvalue weighted by Crippen LogP contribution is 2.38. The smallest absolute Gasteiger partial charge is 0.0677 e. The molecule has 2 atom stereocenters. The first-order valence-corrected chi connectivity index (χ1v) is 8.22. The molecule has 2 bridgehead atoms. The molecule has 2 nitrogen and oxygen atoms in total. The van der Waals surface area contributed by atoms with Crippen LogP contribution < -0.4 is 5.32 Å². The molecule has 3 fully saturated rings. The summed E-state index contributed by atoms with van der Waals surface area (Å²) in [6, 6.07) is 1.21. The molecule has 1 aliphatic carbocycles. The Balaban J connectivity index is 1.51. The van der Waals surface area contributed by atoms with E-state index in [0.717, 1.165) is 25.2 Å². The van der Waals surface area contributed by atoms with E-state index in [-0.39, 0.29) is 5.60 Å². The summed E-state index contributed by atoms with van der Waals surface area (Å²) in [7, 11) is 0. The molecule has 0 aromatic heterocycles. The second-order valence-electron chi connectivity index (χ2n) is 7.17. The zero-order valence-electron chi connectivity index (χ0n) is 11.7. The third-order valence-electron chi connectivity index (χ3n) is 5.57. The first-order valence-electron chi connectivity index (χ1n) is 8.22. The van der Waals surface area contributed by atoms with Gasteiger partial charge in [0.25, 0.3) is 0 Å². The summed E-state index contributed by atoms with van der Waals surface area (Å²) in [6.45, 7) is 0. The number of fused-ring (bicyclic) bond motifs is 2. The zero-order valence-corrected chi connectivity index (χ0v) is 11.7. The monoisotopic (exact) mass is 251 g/mol. The number of aliphatic hydroxyl groups is 1. The van der Waals surface area contributed by atoms with Crippen LogP contribution in [-0.4, -0.2) is 22.8 Å². The Labute approximate surface area is 112 Å². The molecule has 3 rings (SSSR count). The van der Waals surface area contributed by atoms with Crippen LogP contribution in [0.15, 0.2) is 0 Å². The van der Waals surface area contributed by atoms with Crippen LogP contribution in [0, 0.1) is 5.92 Å². The lowest BCUT2D eigenvalue weighted by Gasteiger charge is -2.45. The molecule has 0 radical (unpaired) electrons. The molecular weight excluding hydrogens is 222 g/mol. The zero-order chi connectivity index (χ0) is 12.4. The summed E-state index contributed by atoms with van der Waals surface area (Å²) in [5.74, 6) is 0.914. The Morgan fingerprint density at radius 3 is 2.22 bits per heavy atom. The molecule has 3 aliphatic rings. The van der Waals surface area contributed by atoms with Crippen molar-refractivity contribution in [1.29, 1.82) is 0 Å². The maximum Gasteiger partial charge on any atom is 0.0677 e. The van der Waals surface area contributed by atoms with Gasteiger partial charge in [-0.05, 0) is 44.4 Å². The van der Waals surface area contributed by atoms with Gasteiger partial charge in [0.15, 0.2) is 0 Å². The van der Waals surface area contributed by atoms with Crippen molar-refractivity contribution in [3.05, 3.63) is 0 Å². The van der Waals surface area contributed by atoms with Gasteiger partial charge in [-0.2, -0.15) is 0 Å². The van der Waals surface area contributed by atoms with Crippen LogP contribution in [0.2, 0.25) is 0 Å². The number of hydrogen-bond acceptors (Lipinski definition) is 2. The van der Waals surface area contributed by atoms with Gasteiger partial charge in [-0.15, -0.1) is 0 Å². The summed E-state index contributed by atoms with van der Waals surface area (Å²) in [5, 5.41) is 14.6. The number of hydrogen-bond donors (Lipinski definition) is 2. The topological polar surface area (TPSA) is 32.3 Å². The Bertz CT molecular complexity index is 260. The van der Waals surface area contributed by atoms with Gasteiger partial charge < -0.3 is 10.4 Å². The fourth-order valence-corrected chi connectivity index (χ4v) is 4.59. The van der Waals surface area contributed by atoms with Crippen molar-refractivity contribution in [3.63, 3.8) is 0 Å². The average Bonchev–Trinajstić information content (AvgIpc) is 2.37. The predicted octanol–water partition coefficient (Wildman–Crippen LogP) is 3.38. The minimum Gasteiger partial charge on any atom is -0.390 e. The summed E-state index contributed by atoms with van der Waals surface area (Å²) >= 11 is 0. The summed E-state index contributed by atoms with van der Waals surface area (Å²) < 4.78 is 0. The minimum absolute atomic E-state index is 0.335. The number of rotatable bonds is 3. The highest BCUT2D eigenvalue weighted by molar-refractivity contribution is 4.97. The van der Waals surface area contributed by atoms with Crippen molar-refractivity contribution < 1.29 is 5.11 Å². The van der Waals surface area contributed by atoms with Crippen molar-refractivity contribution in [2.75, 3.05) is 0 Å². The van der Waals surface area contributed by atoms with Gasteiger partial charge in [0, 0.05) is 12.1 Å². The molecule has 0 amide bonds. The molecule has 2 saturated heterocycles. The molecule has 0 spiro atoms. The normalized spacial score (nSPS) is 41.8. The van der Waals surface area contributed by atoms with Crippen LogP contribution in [0.5, 0.6) is 0 Å².